The molecule has 5 aromatic rings. The highest BCUT2D eigenvalue weighted by atomic mass is 35.5. The summed E-state index contributed by atoms with van der Waals surface area (Å²) < 4.78 is 8.41. The average Bonchev–Trinajstić information content (AvgIpc) is 3.84. The number of hydrogen-bond donors (Lipinski definition) is 1. The fourth-order valence-electron chi connectivity index (χ4n) is 9.79. The van der Waals surface area contributed by atoms with Crippen LogP contribution in [0.2, 0.25) is 10.0 Å². The number of imide groups is 2. The summed E-state index contributed by atoms with van der Waals surface area (Å²) in [6, 6.07) is 17.7. The molecule has 10 nitrogen and oxygen atoms in total. The van der Waals surface area contributed by atoms with Gasteiger partial charge < -0.3 is 9.84 Å². The molecule has 4 heterocycles. The molecule has 0 bridgehead atoms. The maximum atomic E-state index is 15.2. The normalized spacial score (nSPS) is 25.8. The van der Waals surface area contributed by atoms with Crippen molar-refractivity contribution < 1.29 is 29.0 Å². The van der Waals surface area contributed by atoms with Gasteiger partial charge in [-0.05, 0) is 111 Å². The number of anilines is 2. The summed E-state index contributed by atoms with van der Waals surface area (Å²) in [7, 11) is 1.72. The van der Waals surface area contributed by atoms with E-state index in [9.17, 15) is 19.5 Å². The lowest BCUT2D eigenvalue weighted by molar-refractivity contribution is -0.131. The summed E-state index contributed by atoms with van der Waals surface area (Å²) in [5.74, 6) is -4.31. The second kappa shape index (κ2) is 13.0. The highest BCUT2D eigenvalue weighted by Gasteiger charge is 2.68. The van der Waals surface area contributed by atoms with E-state index in [-0.39, 0.29) is 41.5 Å². The van der Waals surface area contributed by atoms with Crippen LogP contribution in [0.15, 0.2) is 72.3 Å². The standard InChI is InChI=1S/C43H38Cl2N4O6S/c1-6-55-33-15-22(8-13-32(33)50)37-25-11-12-26-36(41(53)48(39(26)51)24-10-7-20(2)30(45)17-24)28(25)18-29-40(52)49(42(54)43(29,37)4)35-19-31(46-47(35)5)38-21(3)27-16-23(44)9-14-34(27)56-38/h7-11,13-17,19,26,28-29,36-37,50H,6,12,18H2,1-5H3. The molecule has 3 aromatic carbocycles. The number of carbonyl (C=O) groups is 4. The van der Waals surface area contributed by atoms with E-state index in [0.717, 1.165) is 31.7 Å². The molecule has 2 aromatic heterocycles. The quantitative estimate of drug-likeness (QED) is 0.135. The minimum atomic E-state index is -1.29. The number of phenols is 1. The van der Waals surface area contributed by atoms with Gasteiger partial charge >= 0.3 is 0 Å². The molecule has 6 unspecified atom stereocenters. The van der Waals surface area contributed by atoms with E-state index in [1.54, 1.807) is 59.5 Å². The predicted molar refractivity (Wildman–Crippen MR) is 216 cm³/mol. The zero-order valence-electron chi connectivity index (χ0n) is 31.3. The first-order valence-corrected chi connectivity index (χ1v) is 20.2. The number of ether oxygens (including phenoxy) is 1. The van der Waals surface area contributed by atoms with Gasteiger partial charge in [-0.25, -0.2) is 9.80 Å². The predicted octanol–water partition coefficient (Wildman–Crippen LogP) is 8.77. The van der Waals surface area contributed by atoms with Crippen molar-refractivity contribution in [1.29, 1.82) is 0 Å². The molecule has 4 aliphatic rings. The molecule has 0 radical (unpaired) electrons. The first-order chi connectivity index (χ1) is 26.7. The number of aromatic hydroxyl groups is 1. The van der Waals surface area contributed by atoms with Gasteiger partial charge in [0, 0.05) is 33.8 Å². The van der Waals surface area contributed by atoms with Gasteiger partial charge in [0.1, 0.15) is 11.5 Å². The molecule has 9 rings (SSSR count). The number of carbonyl (C=O) groups excluding carboxylic acids is 4. The van der Waals surface area contributed by atoms with Crippen LogP contribution in [0.4, 0.5) is 11.5 Å². The molecule has 2 aliphatic carbocycles. The highest BCUT2D eigenvalue weighted by Crippen LogP contribution is 2.64. The lowest BCUT2D eigenvalue weighted by atomic mass is 9.51. The summed E-state index contributed by atoms with van der Waals surface area (Å²) in [6.07, 6.45) is 2.49. The SMILES string of the molecule is CCOc1cc(C2C3=CCC4C(=O)N(c5ccc(C)c(Cl)c5)C(=O)C4C3CC3C(=O)N(c4cc(-c5sc6ccc(Cl)cc6c5C)nn4C)C(=O)C32C)ccc1O. The Morgan fingerprint density at radius 3 is 2.48 bits per heavy atom. The molecule has 6 atom stereocenters. The van der Waals surface area contributed by atoms with Crippen LogP contribution in [0.5, 0.6) is 11.5 Å². The molecule has 1 N–H and O–H groups in total. The first kappa shape index (κ1) is 36.7. The van der Waals surface area contributed by atoms with Gasteiger partial charge in [0.2, 0.25) is 23.6 Å². The molecule has 0 spiro atoms. The minimum Gasteiger partial charge on any atom is -0.504 e. The number of aromatic nitrogens is 2. The first-order valence-electron chi connectivity index (χ1n) is 18.7. The van der Waals surface area contributed by atoms with E-state index in [0.29, 0.717) is 45.8 Å². The minimum absolute atomic E-state index is 0.0528. The van der Waals surface area contributed by atoms with Gasteiger partial charge in [-0.15, -0.1) is 11.3 Å². The average molecular weight is 810 g/mol. The molecule has 4 amide bonds. The number of amides is 4. The van der Waals surface area contributed by atoms with Crippen molar-refractivity contribution in [2.75, 3.05) is 16.4 Å². The third kappa shape index (κ3) is 5.16. The van der Waals surface area contributed by atoms with E-state index >= 15 is 4.79 Å². The van der Waals surface area contributed by atoms with E-state index in [2.05, 4.69) is 0 Å². The van der Waals surface area contributed by atoms with Crippen LogP contribution in [-0.2, 0) is 26.2 Å². The zero-order chi connectivity index (χ0) is 39.5. The number of benzene rings is 3. The van der Waals surface area contributed by atoms with Gasteiger partial charge in [-0.2, -0.15) is 5.10 Å². The van der Waals surface area contributed by atoms with Gasteiger partial charge in [-0.3, -0.25) is 23.9 Å². The Kier molecular flexibility index (Phi) is 8.54. The third-order valence-electron chi connectivity index (χ3n) is 12.5. The lowest BCUT2D eigenvalue weighted by Crippen LogP contribution is -2.49. The molecule has 3 fully saturated rings. The molecular weight excluding hydrogens is 771 g/mol. The number of halogens is 2. The van der Waals surface area contributed by atoms with Gasteiger partial charge in [0.05, 0.1) is 40.3 Å². The van der Waals surface area contributed by atoms with Crippen molar-refractivity contribution in [2.24, 2.45) is 36.1 Å². The Morgan fingerprint density at radius 2 is 1.73 bits per heavy atom. The Balaban J connectivity index is 1.16. The van der Waals surface area contributed by atoms with Crippen molar-refractivity contribution in [3.8, 4) is 22.1 Å². The van der Waals surface area contributed by atoms with Crippen LogP contribution < -0.4 is 14.5 Å². The number of hydrogen-bond acceptors (Lipinski definition) is 8. The molecule has 286 valence electrons. The fourth-order valence-corrected chi connectivity index (χ4v) is 11.3. The lowest BCUT2D eigenvalue weighted by Gasteiger charge is -2.49. The maximum Gasteiger partial charge on any atom is 0.242 e. The molecule has 1 saturated carbocycles. The Hall–Kier alpha value is -4.97. The molecular formula is C43H38Cl2N4O6S. The summed E-state index contributed by atoms with van der Waals surface area (Å²) in [5.41, 5.74) is 3.06. The van der Waals surface area contributed by atoms with Crippen LogP contribution in [-0.4, -0.2) is 45.1 Å². The molecule has 56 heavy (non-hydrogen) atoms. The van der Waals surface area contributed by atoms with Crippen LogP contribution in [0.3, 0.4) is 0 Å². The summed E-state index contributed by atoms with van der Waals surface area (Å²) in [5, 5.41) is 17.6. The number of rotatable bonds is 6. The van der Waals surface area contributed by atoms with E-state index < -0.39 is 35.0 Å². The largest absolute Gasteiger partial charge is 0.504 e. The van der Waals surface area contributed by atoms with Gasteiger partial charge in [0.15, 0.2) is 11.5 Å². The van der Waals surface area contributed by atoms with Gasteiger partial charge in [-0.1, -0.05) is 47.0 Å². The van der Waals surface area contributed by atoms with E-state index in [1.807, 2.05) is 52.0 Å². The Labute approximate surface area is 337 Å². The van der Waals surface area contributed by atoms with Crippen molar-refractivity contribution in [3.05, 3.63) is 99.0 Å². The second-order valence-corrected chi connectivity index (χ2v) is 17.4. The highest BCUT2D eigenvalue weighted by molar-refractivity contribution is 7.22. The number of thiophene rings is 1. The summed E-state index contributed by atoms with van der Waals surface area (Å²) in [6.45, 7) is 7.80. The summed E-state index contributed by atoms with van der Waals surface area (Å²) in [4.78, 5) is 62.2. The van der Waals surface area contributed by atoms with Crippen LogP contribution in [0.25, 0.3) is 20.7 Å². The molecule has 13 heteroatoms. The molecule has 2 saturated heterocycles. The number of phenolic OH excluding ortho intramolecular Hbond substituents is 1. The summed E-state index contributed by atoms with van der Waals surface area (Å²) >= 11 is 14.4. The zero-order valence-corrected chi connectivity index (χ0v) is 33.6. The van der Waals surface area contributed by atoms with Crippen molar-refractivity contribution in [2.45, 2.75) is 46.5 Å². The number of aryl methyl sites for hydroxylation is 3. The number of fused-ring (bicyclic) bond motifs is 5. The monoisotopic (exact) mass is 808 g/mol. The topological polar surface area (TPSA) is 122 Å². The van der Waals surface area contributed by atoms with Crippen LogP contribution >= 0.6 is 34.5 Å². The van der Waals surface area contributed by atoms with Crippen molar-refractivity contribution in [3.63, 3.8) is 0 Å². The maximum absolute atomic E-state index is 15.2. The van der Waals surface area contributed by atoms with Crippen molar-refractivity contribution in [1.82, 2.24) is 9.78 Å². The van der Waals surface area contributed by atoms with Crippen LogP contribution in [0.1, 0.15) is 49.3 Å². The molecule has 2 aliphatic heterocycles. The second-order valence-electron chi connectivity index (χ2n) is 15.5. The van der Waals surface area contributed by atoms with E-state index in [1.165, 1.54) is 15.9 Å². The number of allylic oxidation sites excluding steroid dienone is 2. The van der Waals surface area contributed by atoms with E-state index in [4.69, 9.17) is 33.0 Å². The smallest absolute Gasteiger partial charge is 0.242 e. The van der Waals surface area contributed by atoms with Crippen molar-refractivity contribution >= 4 is 79.8 Å². The third-order valence-corrected chi connectivity index (χ3v) is 14.5. The Bertz CT molecular complexity index is 2600. The Morgan fingerprint density at radius 1 is 0.946 bits per heavy atom. The van der Waals surface area contributed by atoms with Gasteiger partial charge in [0.25, 0.3) is 0 Å². The van der Waals surface area contributed by atoms with Crippen LogP contribution in [0, 0.1) is 42.9 Å². The fraction of sp³-hybridized carbons (Fsp3) is 0.326. The number of nitrogens with zero attached hydrogens (tertiary/aromatic N) is 4.